The number of hydrogen-bond acceptors (Lipinski definition) is 5. The lowest BCUT2D eigenvalue weighted by Gasteiger charge is -2.12. The first-order valence-electron chi connectivity index (χ1n) is 8.48. The second-order valence-corrected chi connectivity index (χ2v) is 8.87. The van der Waals surface area contributed by atoms with Gasteiger partial charge in [0.05, 0.1) is 21.8 Å². The van der Waals surface area contributed by atoms with E-state index in [1.165, 1.54) is 59.6 Å². The van der Waals surface area contributed by atoms with Gasteiger partial charge in [-0.25, -0.2) is 8.42 Å². The fraction of sp³-hybridized carbons (Fsp3) is 0.105. The number of benzene rings is 2. The third-order valence-electron chi connectivity index (χ3n) is 4.06. The Kier molecular flexibility index (Phi) is 6.16. The normalized spacial score (nSPS) is 11.2. The van der Waals surface area contributed by atoms with Crippen LogP contribution in [-0.2, 0) is 10.0 Å². The van der Waals surface area contributed by atoms with E-state index in [0.29, 0.717) is 16.9 Å². The Hall–Kier alpha value is -2.88. The number of anilines is 1. The van der Waals surface area contributed by atoms with E-state index in [-0.39, 0.29) is 20.8 Å². The van der Waals surface area contributed by atoms with Crippen LogP contribution in [0.3, 0.4) is 0 Å². The highest BCUT2D eigenvalue weighted by Gasteiger charge is 2.16. The van der Waals surface area contributed by atoms with Gasteiger partial charge in [0, 0.05) is 25.3 Å². The number of amides is 1. The fourth-order valence-corrected chi connectivity index (χ4v) is 3.83. The molecule has 156 valence electrons. The largest absolute Gasteiger partial charge is 0.345 e. The molecule has 30 heavy (non-hydrogen) atoms. The number of rotatable bonds is 5. The molecule has 1 heterocycles. The fourth-order valence-electron chi connectivity index (χ4n) is 2.52. The minimum atomic E-state index is -3.89. The lowest BCUT2D eigenvalue weighted by molar-refractivity contribution is 0.0827. The van der Waals surface area contributed by atoms with Crippen molar-refractivity contribution in [2.24, 2.45) is 0 Å². The zero-order valence-electron chi connectivity index (χ0n) is 15.8. The van der Waals surface area contributed by atoms with E-state index in [9.17, 15) is 18.0 Å². The van der Waals surface area contributed by atoms with Gasteiger partial charge in [-0.3, -0.25) is 14.3 Å². The first kappa shape index (κ1) is 21.8. The Labute approximate surface area is 182 Å². The Morgan fingerprint density at radius 2 is 1.63 bits per heavy atom. The zero-order chi connectivity index (χ0) is 22.1. The lowest BCUT2D eigenvalue weighted by atomic mass is 10.2. The van der Waals surface area contributed by atoms with E-state index in [1.807, 2.05) is 0 Å². The van der Waals surface area contributed by atoms with E-state index < -0.39 is 15.6 Å². The second-order valence-electron chi connectivity index (χ2n) is 6.40. The van der Waals surface area contributed by atoms with Crippen LogP contribution >= 0.6 is 23.2 Å². The summed E-state index contributed by atoms with van der Waals surface area (Å²) in [7, 11) is -0.629. The monoisotopic (exact) mass is 466 g/mol. The van der Waals surface area contributed by atoms with E-state index in [2.05, 4.69) is 9.82 Å². The van der Waals surface area contributed by atoms with Crippen LogP contribution in [0.2, 0.25) is 10.0 Å². The zero-order valence-corrected chi connectivity index (χ0v) is 18.2. The van der Waals surface area contributed by atoms with Crippen LogP contribution in [0.1, 0.15) is 10.4 Å². The summed E-state index contributed by atoms with van der Waals surface area (Å²) < 4.78 is 28.7. The van der Waals surface area contributed by atoms with Crippen molar-refractivity contribution in [3.63, 3.8) is 0 Å². The highest BCUT2D eigenvalue weighted by molar-refractivity contribution is 7.92. The summed E-state index contributed by atoms with van der Waals surface area (Å²) in [6.45, 7) is 0. The molecule has 0 unspecified atom stereocenters. The van der Waals surface area contributed by atoms with Crippen LogP contribution in [0.25, 0.3) is 5.69 Å². The number of sulfonamides is 1. The molecule has 0 fully saturated rings. The first-order valence-corrected chi connectivity index (χ1v) is 10.7. The first-order chi connectivity index (χ1) is 14.1. The summed E-state index contributed by atoms with van der Waals surface area (Å²) in [6.07, 6.45) is 1.22. The molecule has 3 rings (SSSR count). The topological polar surface area (TPSA) is 101 Å². The second kappa shape index (κ2) is 8.47. The number of nitrogens with zero attached hydrogens (tertiary/aromatic N) is 3. The van der Waals surface area contributed by atoms with Gasteiger partial charge in [-0.05, 0) is 48.5 Å². The van der Waals surface area contributed by atoms with Gasteiger partial charge in [0.15, 0.2) is 0 Å². The van der Waals surface area contributed by atoms with Gasteiger partial charge in [-0.1, -0.05) is 23.2 Å². The Bertz CT molecular complexity index is 1260. The van der Waals surface area contributed by atoms with Crippen LogP contribution in [0.5, 0.6) is 0 Å². The molecule has 0 aliphatic carbocycles. The highest BCUT2D eigenvalue weighted by atomic mass is 35.5. The average molecular weight is 467 g/mol. The predicted molar refractivity (Wildman–Crippen MR) is 115 cm³/mol. The Morgan fingerprint density at radius 1 is 1.03 bits per heavy atom. The van der Waals surface area contributed by atoms with Crippen molar-refractivity contribution < 1.29 is 13.2 Å². The molecular weight excluding hydrogens is 451 g/mol. The summed E-state index contributed by atoms with van der Waals surface area (Å²) in [5.41, 5.74) is 0.443. The van der Waals surface area contributed by atoms with Crippen molar-refractivity contribution in [2.45, 2.75) is 4.90 Å². The highest BCUT2D eigenvalue weighted by Crippen LogP contribution is 2.20. The lowest BCUT2D eigenvalue weighted by Crippen LogP contribution is -2.22. The molecule has 3 aromatic rings. The standard InChI is InChI=1S/C19H16Cl2N4O4S/c1-24(2)18(26)12-3-5-13(6-4-12)23-30(28,29)15-9-7-14(8-10-15)25-19(27)17(21)16(20)11-22-25/h3-11,23H,1-2H3. The number of nitrogens with one attached hydrogen (secondary N) is 1. The van der Waals surface area contributed by atoms with Crippen molar-refractivity contribution in [2.75, 3.05) is 18.8 Å². The van der Waals surface area contributed by atoms with Gasteiger partial charge >= 0.3 is 0 Å². The molecule has 0 aliphatic heterocycles. The summed E-state index contributed by atoms with van der Waals surface area (Å²) in [5, 5.41) is 3.74. The molecule has 0 saturated carbocycles. The molecule has 0 spiro atoms. The summed E-state index contributed by atoms with van der Waals surface area (Å²) in [6, 6.07) is 11.6. The molecule has 0 aliphatic rings. The van der Waals surface area contributed by atoms with Crippen molar-refractivity contribution in [3.8, 4) is 5.69 Å². The average Bonchev–Trinajstić information content (AvgIpc) is 2.72. The van der Waals surface area contributed by atoms with Gasteiger partial charge in [-0.2, -0.15) is 9.78 Å². The summed E-state index contributed by atoms with van der Waals surface area (Å²) >= 11 is 11.6. The minimum Gasteiger partial charge on any atom is -0.345 e. The van der Waals surface area contributed by atoms with E-state index in [0.717, 1.165) is 4.68 Å². The maximum atomic E-state index is 12.6. The van der Waals surface area contributed by atoms with Crippen LogP contribution in [0.15, 0.2) is 64.4 Å². The van der Waals surface area contributed by atoms with E-state index in [1.54, 1.807) is 14.1 Å². The van der Waals surface area contributed by atoms with Crippen molar-refractivity contribution >= 4 is 44.8 Å². The maximum Gasteiger partial charge on any atom is 0.291 e. The van der Waals surface area contributed by atoms with Crippen LogP contribution < -0.4 is 10.3 Å². The van der Waals surface area contributed by atoms with Crippen molar-refractivity contribution in [1.82, 2.24) is 14.7 Å². The van der Waals surface area contributed by atoms with Crippen molar-refractivity contribution in [1.29, 1.82) is 0 Å². The number of aromatic nitrogens is 2. The smallest absolute Gasteiger partial charge is 0.291 e. The molecule has 0 radical (unpaired) electrons. The van der Waals surface area contributed by atoms with Crippen LogP contribution in [-0.4, -0.2) is 43.1 Å². The third kappa shape index (κ3) is 4.48. The van der Waals surface area contributed by atoms with Crippen LogP contribution in [0, 0.1) is 0 Å². The summed E-state index contributed by atoms with van der Waals surface area (Å²) in [4.78, 5) is 25.5. The molecule has 0 atom stereocenters. The molecule has 1 amide bonds. The molecule has 0 bridgehead atoms. The van der Waals surface area contributed by atoms with Gasteiger partial charge < -0.3 is 4.90 Å². The van der Waals surface area contributed by atoms with E-state index in [4.69, 9.17) is 23.2 Å². The number of carbonyl (C=O) groups is 1. The van der Waals surface area contributed by atoms with Gasteiger partial charge in [0.2, 0.25) is 0 Å². The molecule has 8 nitrogen and oxygen atoms in total. The predicted octanol–water partition coefficient (Wildman–Crippen LogP) is 3.04. The van der Waals surface area contributed by atoms with Crippen molar-refractivity contribution in [3.05, 3.63) is 80.7 Å². The number of hydrogen-bond donors (Lipinski definition) is 1. The Morgan fingerprint density at radius 3 is 2.20 bits per heavy atom. The third-order valence-corrected chi connectivity index (χ3v) is 6.20. The molecule has 1 N–H and O–H groups in total. The van der Waals surface area contributed by atoms with Gasteiger partial charge in [-0.15, -0.1) is 0 Å². The van der Waals surface area contributed by atoms with Gasteiger partial charge in [0.1, 0.15) is 5.02 Å². The number of halogens is 2. The molecule has 11 heteroatoms. The molecule has 0 saturated heterocycles. The maximum absolute atomic E-state index is 12.6. The SMILES string of the molecule is CN(C)C(=O)c1ccc(NS(=O)(=O)c2ccc(-n3ncc(Cl)c(Cl)c3=O)cc2)cc1. The molecular formula is C19H16Cl2N4O4S. The number of carbonyl (C=O) groups excluding carboxylic acids is 1. The quantitative estimate of drug-likeness (QED) is 0.622. The molecule has 2 aromatic carbocycles. The van der Waals surface area contributed by atoms with Crippen LogP contribution in [0.4, 0.5) is 5.69 Å². The van der Waals surface area contributed by atoms with Gasteiger partial charge in [0.25, 0.3) is 21.5 Å². The molecule has 1 aromatic heterocycles. The summed E-state index contributed by atoms with van der Waals surface area (Å²) in [5.74, 6) is -0.189. The van der Waals surface area contributed by atoms with E-state index >= 15 is 0 Å². The Balaban J connectivity index is 1.83. The minimum absolute atomic E-state index is 0.0206.